The van der Waals surface area contributed by atoms with Crippen LogP contribution in [-0.4, -0.2) is 8.32 Å². The lowest BCUT2D eigenvalue weighted by molar-refractivity contribution is 0.0391. The minimum absolute atomic E-state index is 0.147. The van der Waals surface area contributed by atoms with Crippen LogP contribution in [0.1, 0.15) is 52.7 Å². The number of hydrogen-bond donors (Lipinski definition) is 0. The first kappa shape index (κ1) is 24.5. The molecule has 0 heterocycles. The molecule has 1 aliphatic carbocycles. The van der Waals surface area contributed by atoms with Crippen LogP contribution in [0.5, 0.6) is 5.75 Å². The van der Waals surface area contributed by atoms with E-state index in [1.54, 1.807) is 41.5 Å². The molecule has 3 rings (SSSR count). The van der Waals surface area contributed by atoms with E-state index in [9.17, 15) is 30.7 Å². The molecule has 32 heavy (non-hydrogen) atoms. The van der Waals surface area contributed by atoms with Gasteiger partial charge in [0.05, 0.1) is 11.1 Å². The average Bonchev–Trinajstić information content (AvgIpc) is 2.91. The fourth-order valence-electron chi connectivity index (χ4n) is 5.05. The molecule has 2 aromatic carbocycles. The van der Waals surface area contributed by atoms with Crippen molar-refractivity contribution in [1.82, 2.24) is 0 Å². The monoisotopic (exact) mass is 482 g/mol. The van der Waals surface area contributed by atoms with Crippen molar-refractivity contribution >= 4 is 8.32 Å². The van der Waals surface area contributed by atoms with Gasteiger partial charge in [0, 0.05) is 17.2 Å². The maximum Gasteiger partial charge on any atom is 0.305 e. The van der Waals surface area contributed by atoms with Crippen molar-refractivity contribution in [3.8, 4) is 16.9 Å². The summed E-state index contributed by atoms with van der Waals surface area (Å²) in [5, 5.41) is 0. The largest absolute Gasteiger partial charge is 0.539 e. The van der Waals surface area contributed by atoms with Crippen molar-refractivity contribution in [1.29, 1.82) is 0 Å². The Hall–Kier alpha value is -2.10. The quantitative estimate of drug-likeness (QED) is 0.237. The highest BCUT2D eigenvalue weighted by molar-refractivity contribution is 6.78. The molecule has 0 atom stereocenters. The maximum absolute atomic E-state index is 15.5. The van der Waals surface area contributed by atoms with Crippen molar-refractivity contribution < 1.29 is 39.5 Å². The predicted molar refractivity (Wildman–Crippen MR) is 106 cm³/mol. The van der Waals surface area contributed by atoms with Crippen LogP contribution in [0, 0.1) is 34.9 Å². The van der Waals surface area contributed by atoms with Crippen LogP contribution in [0.15, 0.2) is 6.07 Å². The van der Waals surface area contributed by atoms with Gasteiger partial charge in [-0.15, -0.1) is 0 Å². The van der Waals surface area contributed by atoms with E-state index in [1.807, 2.05) is 0 Å². The zero-order valence-corrected chi connectivity index (χ0v) is 19.2. The molecule has 0 amide bonds. The Labute approximate surface area is 181 Å². The van der Waals surface area contributed by atoms with Gasteiger partial charge in [-0.25, -0.2) is 22.0 Å². The molecule has 0 saturated carbocycles. The maximum atomic E-state index is 15.5. The highest BCUT2D eigenvalue weighted by atomic mass is 28.4. The Kier molecular flexibility index (Phi) is 5.94. The van der Waals surface area contributed by atoms with E-state index in [1.165, 1.54) is 0 Å². The van der Waals surface area contributed by atoms with E-state index in [2.05, 4.69) is 0 Å². The normalized spacial score (nSPS) is 15.0. The molecule has 0 fully saturated rings. The Morgan fingerprint density at radius 2 is 1.12 bits per heavy atom. The molecule has 0 aliphatic heterocycles. The summed E-state index contributed by atoms with van der Waals surface area (Å²) in [5.74, 6) is -17.7. The molecule has 2 aromatic rings. The highest BCUT2D eigenvalue weighted by Gasteiger charge is 2.55. The van der Waals surface area contributed by atoms with Crippen LogP contribution in [0.2, 0.25) is 16.6 Å². The first-order valence-electron chi connectivity index (χ1n) is 10.1. The molecule has 0 aromatic heterocycles. The first-order chi connectivity index (χ1) is 14.6. The zero-order chi connectivity index (χ0) is 24.5. The molecule has 0 saturated heterocycles. The number of benzene rings is 2. The predicted octanol–water partition coefficient (Wildman–Crippen LogP) is 8.20. The number of hydrogen-bond acceptors (Lipinski definition) is 1. The Balaban J connectivity index is 2.43. The Bertz CT molecular complexity index is 1070. The smallest absolute Gasteiger partial charge is 0.305 e. The number of fused-ring (bicyclic) bond motifs is 3. The third-order valence-corrected chi connectivity index (χ3v) is 12.3. The lowest BCUT2D eigenvalue weighted by atomic mass is 10.0. The van der Waals surface area contributed by atoms with E-state index in [0.717, 1.165) is 0 Å². The zero-order valence-electron chi connectivity index (χ0n) is 18.2. The first-order valence-corrected chi connectivity index (χ1v) is 12.2. The molecule has 0 bridgehead atoms. The third kappa shape index (κ3) is 3.08. The van der Waals surface area contributed by atoms with Gasteiger partial charge in [-0.3, -0.25) is 0 Å². The average molecular weight is 482 g/mol. The summed E-state index contributed by atoms with van der Waals surface area (Å²) in [5.41, 5.74) is -7.26. The van der Waals surface area contributed by atoms with Crippen LogP contribution < -0.4 is 4.43 Å². The Morgan fingerprint density at radius 3 is 1.59 bits per heavy atom. The number of rotatable bonds is 5. The lowest BCUT2D eigenvalue weighted by Gasteiger charge is -2.42. The van der Waals surface area contributed by atoms with Crippen LogP contribution in [0.25, 0.3) is 11.1 Å². The fraction of sp³-hybridized carbons (Fsp3) is 0.455. The van der Waals surface area contributed by atoms with Gasteiger partial charge in [0.2, 0.25) is 5.82 Å². The summed E-state index contributed by atoms with van der Waals surface area (Å²) in [6.45, 7) is 10.6. The molecule has 0 unspecified atom stereocenters. The van der Waals surface area contributed by atoms with Gasteiger partial charge in [0.25, 0.3) is 8.32 Å². The van der Waals surface area contributed by atoms with Gasteiger partial charge in [-0.05, 0) is 16.6 Å². The molecular formula is C22H22F8OSi. The van der Waals surface area contributed by atoms with Gasteiger partial charge in [-0.1, -0.05) is 41.5 Å². The van der Waals surface area contributed by atoms with Gasteiger partial charge >= 0.3 is 5.92 Å². The van der Waals surface area contributed by atoms with Crippen molar-refractivity contribution in [2.24, 2.45) is 0 Å². The van der Waals surface area contributed by atoms with E-state index in [4.69, 9.17) is 4.43 Å². The minimum Gasteiger partial charge on any atom is -0.539 e. The van der Waals surface area contributed by atoms with E-state index < -0.39 is 77.1 Å². The lowest BCUT2D eigenvalue weighted by Crippen LogP contribution is -2.51. The van der Waals surface area contributed by atoms with Crippen molar-refractivity contribution in [2.45, 2.75) is 64.1 Å². The summed E-state index contributed by atoms with van der Waals surface area (Å²) in [7, 11) is -3.13. The van der Waals surface area contributed by atoms with Crippen molar-refractivity contribution in [2.75, 3.05) is 0 Å². The second kappa shape index (κ2) is 7.74. The van der Waals surface area contributed by atoms with Crippen LogP contribution in [0.4, 0.5) is 35.1 Å². The topological polar surface area (TPSA) is 9.23 Å². The highest BCUT2D eigenvalue weighted by Crippen LogP contribution is 2.57. The summed E-state index contributed by atoms with van der Waals surface area (Å²) in [4.78, 5) is 0. The minimum atomic E-state index is -4.63. The fourth-order valence-corrected chi connectivity index (χ4v) is 10.3. The van der Waals surface area contributed by atoms with Crippen LogP contribution in [0.3, 0.4) is 0 Å². The van der Waals surface area contributed by atoms with Crippen LogP contribution in [-0.2, 0) is 5.92 Å². The summed E-state index contributed by atoms with van der Waals surface area (Å²) in [6.07, 6.45) is 0. The molecule has 1 nitrogen and oxygen atoms in total. The second-order valence-electron chi connectivity index (χ2n) is 8.92. The van der Waals surface area contributed by atoms with Gasteiger partial charge < -0.3 is 4.43 Å². The summed E-state index contributed by atoms with van der Waals surface area (Å²) in [6, 6.07) is -0.147. The van der Waals surface area contributed by atoms with Crippen molar-refractivity contribution in [3.63, 3.8) is 0 Å². The van der Waals surface area contributed by atoms with Gasteiger partial charge in [0.1, 0.15) is 5.82 Å². The molecule has 1 aliphatic rings. The number of halogens is 8. The molecule has 10 heteroatoms. The van der Waals surface area contributed by atoms with Gasteiger partial charge in [-0.2, -0.15) is 13.2 Å². The molecule has 0 radical (unpaired) electrons. The molecule has 0 spiro atoms. The molecule has 176 valence electrons. The second-order valence-corrected chi connectivity index (χ2v) is 14.3. The third-order valence-electron chi connectivity index (χ3n) is 6.32. The Morgan fingerprint density at radius 1 is 0.656 bits per heavy atom. The summed E-state index contributed by atoms with van der Waals surface area (Å²) < 4.78 is 123. The van der Waals surface area contributed by atoms with Gasteiger partial charge in [0.15, 0.2) is 29.0 Å². The standard InChI is InChI=1S/C22H22F8OSi/c1-8(2)32(9(3)4,10(5)6)31-21-18(26)14-13-15(11(23)7-12(24)17(13)25)22(29,30)16(14)19(27)20(21)28/h7-10H,1-6H3. The molecule has 0 N–H and O–H groups in total. The van der Waals surface area contributed by atoms with E-state index in [-0.39, 0.29) is 22.7 Å². The van der Waals surface area contributed by atoms with Crippen LogP contribution >= 0.6 is 0 Å². The number of alkyl halides is 2. The van der Waals surface area contributed by atoms with E-state index in [0.29, 0.717) is 0 Å². The SMILES string of the molecule is CC(C)[Si](Oc1c(F)c(F)c2c(c1F)-c1c(F)c(F)cc(F)c1C2(F)F)(C(C)C)C(C)C. The van der Waals surface area contributed by atoms with E-state index >= 15 is 4.39 Å². The molecular weight excluding hydrogens is 460 g/mol. The van der Waals surface area contributed by atoms with Crippen molar-refractivity contribution in [3.05, 3.63) is 52.1 Å². The summed E-state index contributed by atoms with van der Waals surface area (Å²) >= 11 is 0.